The number of ether oxygens (including phenoxy) is 1. The van der Waals surface area contributed by atoms with Crippen LogP contribution in [0.15, 0.2) is 6.58 Å². The number of rotatable bonds is 3. The van der Waals surface area contributed by atoms with E-state index in [-0.39, 0.29) is 30.3 Å². The van der Waals surface area contributed by atoms with Gasteiger partial charge in [0.25, 0.3) is 0 Å². The summed E-state index contributed by atoms with van der Waals surface area (Å²) in [7, 11) is 1.22. The average Bonchev–Trinajstić information content (AvgIpc) is 2.52. The number of aromatic nitrogens is 2. The first-order valence-corrected chi connectivity index (χ1v) is 7.63. The normalized spacial score (nSPS) is 21.4. The molecular weight excluding hydrogens is 323 g/mol. The second-order valence-electron chi connectivity index (χ2n) is 6.05. The minimum absolute atomic E-state index is 0.00504. The lowest BCUT2D eigenvalue weighted by Crippen LogP contribution is -2.28. The van der Waals surface area contributed by atoms with Crippen molar-refractivity contribution in [3.05, 3.63) is 23.7 Å². The van der Waals surface area contributed by atoms with Crippen molar-refractivity contribution in [2.75, 3.05) is 12.8 Å². The van der Waals surface area contributed by atoms with Gasteiger partial charge in [-0.15, -0.1) is 0 Å². The molecule has 0 saturated heterocycles. The SMILES string of the molecule is C=C(C)c1c(N)nc(C2CCC(C(F)(F)F)CC2)nc1C(=O)OC. The van der Waals surface area contributed by atoms with E-state index in [2.05, 4.69) is 16.5 Å². The third kappa shape index (κ3) is 3.68. The molecule has 8 heteroatoms. The molecule has 24 heavy (non-hydrogen) atoms. The number of carbonyl (C=O) groups excluding carboxylic acids is 1. The first-order chi connectivity index (χ1) is 11.1. The summed E-state index contributed by atoms with van der Waals surface area (Å²) in [6.45, 7) is 5.41. The molecule has 0 atom stereocenters. The number of esters is 1. The van der Waals surface area contributed by atoms with E-state index in [9.17, 15) is 18.0 Å². The Labute approximate surface area is 138 Å². The van der Waals surface area contributed by atoms with Crippen LogP contribution in [0.3, 0.4) is 0 Å². The Balaban J connectivity index is 2.31. The van der Waals surface area contributed by atoms with Crippen molar-refractivity contribution in [3.63, 3.8) is 0 Å². The topological polar surface area (TPSA) is 78.1 Å². The van der Waals surface area contributed by atoms with Gasteiger partial charge >= 0.3 is 12.1 Å². The van der Waals surface area contributed by atoms with E-state index in [1.807, 2.05) is 0 Å². The number of nitrogens with zero attached hydrogens (tertiary/aromatic N) is 2. The maximum absolute atomic E-state index is 12.8. The summed E-state index contributed by atoms with van der Waals surface area (Å²) in [5.41, 5.74) is 6.75. The highest BCUT2D eigenvalue weighted by Crippen LogP contribution is 2.42. The molecule has 0 aliphatic heterocycles. The van der Waals surface area contributed by atoms with Crippen LogP contribution in [-0.2, 0) is 4.74 Å². The predicted octanol–water partition coefficient (Wildman–Crippen LogP) is 3.71. The fraction of sp³-hybridized carbons (Fsp3) is 0.562. The Kier molecular flexibility index (Phi) is 5.15. The highest BCUT2D eigenvalue weighted by Gasteiger charge is 2.42. The highest BCUT2D eigenvalue weighted by molar-refractivity contribution is 5.95. The first-order valence-electron chi connectivity index (χ1n) is 7.63. The lowest BCUT2D eigenvalue weighted by atomic mass is 9.81. The van der Waals surface area contributed by atoms with E-state index in [0.717, 1.165) is 0 Å². The van der Waals surface area contributed by atoms with Crippen LogP contribution in [-0.4, -0.2) is 29.2 Å². The largest absolute Gasteiger partial charge is 0.464 e. The Morgan fingerprint density at radius 2 is 1.83 bits per heavy atom. The Bertz CT molecular complexity index is 651. The molecule has 0 aromatic carbocycles. The highest BCUT2D eigenvalue weighted by atomic mass is 19.4. The van der Waals surface area contributed by atoms with Crippen molar-refractivity contribution >= 4 is 17.4 Å². The van der Waals surface area contributed by atoms with Crippen LogP contribution < -0.4 is 5.73 Å². The predicted molar refractivity (Wildman–Crippen MR) is 83.2 cm³/mol. The molecule has 132 valence electrons. The number of methoxy groups -OCH3 is 1. The zero-order valence-electron chi connectivity index (χ0n) is 13.6. The molecule has 1 saturated carbocycles. The number of carbonyl (C=O) groups is 1. The molecule has 0 bridgehead atoms. The van der Waals surface area contributed by atoms with Gasteiger partial charge in [0.15, 0.2) is 5.69 Å². The molecule has 1 aromatic heterocycles. The zero-order valence-corrected chi connectivity index (χ0v) is 13.6. The van der Waals surface area contributed by atoms with Gasteiger partial charge in [0.1, 0.15) is 11.6 Å². The van der Waals surface area contributed by atoms with E-state index in [1.165, 1.54) is 7.11 Å². The van der Waals surface area contributed by atoms with Crippen molar-refractivity contribution < 1.29 is 22.7 Å². The number of anilines is 1. The summed E-state index contributed by atoms with van der Waals surface area (Å²) in [6.07, 6.45) is -3.53. The first kappa shape index (κ1) is 18.2. The molecule has 1 heterocycles. The summed E-state index contributed by atoms with van der Waals surface area (Å²) in [4.78, 5) is 20.4. The number of alkyl halides is 3. The smallest absolute Gasteiger partial charge is 0.391 e. The zero-order chi connectivity index (χ0) is 18.1. The number of halogens is 3. The van der Waals surface area contributed by atoms with Crippen LogP contribution in [0.5, 0.6) is 0 Å². The quantitative estimate of drug-likeness (QED) is 0.847. The molecule has 0 radical (unpaired) electrons. The van der Waals surface area contributed by atoms with E-state index < -0.39 is 18.1 Å². The Morgan fingerprint density at radius 1 is 1.25 bits per heavy atom. The molecule has 0 spiro atoms. The van der Waals surface area contributed by atoms with Crippen LogP contribution in [0, 0.1) is 5.92 Å². The standard InChI is InChI=1S/C16H20F3N3O2/c1-8(2)11-12(15(23)24-3)21-14(22-13(11)20)9-4-6-10(7-5-9)16(17,18)19/h9-10H,1,4-7H2,2-3H3,(H2,20,21,22). The van der Waals surface area contributed by atoms with Crippen molar-refractivity contribution in [1.82, 2.24) is 9.97 Å². The summed E-state index contributed by atoms with van der Waals surface area (Å²) in [5, 5.41) is 0. The van der Waals surface area contributed by atoms with Gasteiger partial charge in [0.05, 0.1) is 18.6 Å². The van der Waals surface area contributed by atoms with Crippen LogP contribution in [0.1, 0.15) is 60.4 Å². The number of allylic oxidation sites excluding steroid dienone is 1. The van der Waals surface area contributed by atoms with Gasteiger partial charge in [0.2, 0.25) is 0 Å². The molecule has 1 aromatic rings. The van der Waals surface area contributed by atoms with E-state index in [4.69, 9.17) is 10.5 Å². The second kappa shape index (κ2) is 6.78. The van der Waals surface area contributed by atoms with Crippen molar-refractivity contribution in [2.24, 2.45) is 5.92 Å². The van der Waals surface area contributed by atoms with Crippen LogP contribution in [0.25, 0.3) is 5.57 Å². The van der Waals surface area contributed by atoms with E-state index in [0.29, 0.717) is 29.8 Å². The molecule has 2 N–H and O–H groups in total. The molecule has 0 unspecified atom stereocenters. The molecule has 1 aliphatic rings. The van der Waals surface area contributed by atoms with Gasteiger partial charge in [0, 0.05) is 5.92 Å². The van der Waals surface area contributed by atoms with Crippen LogP contribution in [0.4, 0.5) is 19.0 Å². The van der Waals surface area contributed by atoms with Gasteiger partial charge in [-0.3, -0.25) is 0 Å². The summed E-state index contributed by atoms with van der Waals surface area (Å²) in [5.74, 6) is -1.84. The molecule has 5 nitrogen and oxygen atoms in total. The van der Waals surface area contributed by atoms with Crippen molar-refractivity contribution in [2.45, 2.75) is 44.7 Å². The average molecular weight is 343 g/mol. The van der Waals surface area contributed by atoms with Crippen LogP contribution >= 0.6 is 0 Å². The van der Waals surface area contributed by atoms with Crippen molar-refractivity contribution in [1.29, 1.82) is 0 Å². The minimum Gasteiger partial charge on any atom is -0.464 e. The lowest BCUT2D eigenvalue weighted by Gasteiger charge is -2.29. The lowest BCUT2D eigenvalue weighted by molar-refractivity contribution is -0.182. The summed E-state index contributed by atoms with van der Waals surface area (Å²) in [6, 6.07) is 0. The number of nitrogen functional groups attached to an aromatic ring is 1. The molecule has 1 aliphatic carbocycles. The van der Waals surface area contributed by atoms with E-state index >= 15 is 0 Å². The van der Waals surface area contributed by atoms with Crippen LogP contribution in [0.2, 0.25) is 0 Å². The fourth-order valence-electron chi connectivity index (χ4n) is 3.02. The number of hydrogen-bond donors (Lipinski definition) is 1. The maximum atomic E-state index is 12.8. The molecule has 2 rings (SSSR count). The third-order valence-electron chi connectivity index (χ3n) is 4.32. The van der Waals surface area contributed by atoms with Crippen molar-refractivity contribution in [3.8, 4) is 0 Å². The summed E-state index contributed by atoms with van der Waals surface area (Å²) < 4.78 is 43.0. The number of hydrogen-bond acceptors (Lipinski definition) is 5. The van der Waals surface area contributed by atoms with Gasteiger partial charge in [-0.25, -0.2) is 14.8 Å². The Hall–Kier alpha value is -2.12. The second-order valence-corrected chi connectivity index (χ2v) is 6.05. The van der Waals surface area contributed by atoms with Gasteiger partial charge in [-0.2, -0.15) is 13.2 Å². The maximum Gasteiger partial charge on any atom is 0.391 e. The van der Waals surface area contributed by atoms with Gasteiger partial charge < -0.3 is 10.5 Å². The van der Waals surface area contributed by atoms with Gasteiger partial charge in [-0.1, -0.05) is 6.58 Å². The molecular formula is C16H20F3N3O2. The summed E-state index contributed by atoms with van der Waals surface area (Å²) >= 11 is 0. The monoisotopic (exact) mass is 343 g/mol. The van der Waals surface area contributed by atoms with Gasteiger partial charge in [-0.05, 0) is 38.2 Å². The molecule has 0 amide bonds. The molecule has 1 fully saturated rings. The fourth-order valence-corrected chi connectivity index (χ4v) is 3.02. The third-order valence-corrected chi connectivity index (χ3v) is 4.32. The number of nitrogens with two attached hydrogens (primary N) is 1. The van der Waals surface area contributed by atoms with E-state index in [1.54, 1.807) is 6.92 Å². The Morgan fingerprint density at radius 3 is 2.29 bits per heavy atom. The minimum atomic E-state index is -4.17.